The van der Waals surface area contributed by atoms with Gasteiger partial charge in [0.25, 0.3) is 0 Å². The van der Waals surface area contributed by atoms with Crippen molar-refractivity contribution in [3.63, 3.8) is 0 Å². The summed E-state index contributed by atoms with van der Waals surface area (Å²) in [5.74, 6) is 0.860. The second-order valence-electron chi connectivity index (χ2n) is 10.3. The summed E-state index contributed by atoms with van der Waals surface area (Å²) < 4.78 is 8.16. The van der Waals surface area contributed by atoms with Gasteiger partial charge in [-0.2, -0.15) is 0 Å². The minimum absolute atomic E-state index is 0.186. The molecule has 0 unspecified atom stereocenters. The van der Waals surface area contributed by atoms with Gasteiger partial charge in [0.1, 0.15) is 5.54 Å². The normalized spacial score (nSPS) is 11.9. The number of aryl methyl sites for hydroxylation is 1. The Morgan fingerprint density at radius 3 is 1.74 bits per heavy atom. The summed E-state index contributed by atoms with van der Waals surface area (Å²) in [7, 11) is 0. The van der Waals surface area contributed by atoms with Gasteiger partial charge in [-0.15, -0.1) is 0 Å². The molecule has 0 spiro atoms. The lowest BCUT2D eigenvalue weighted by atomic mass is 9.77. The van der Waals surface area contributed by atoms with Crippen molar-refractivity contribution in [2.24, 2.45) is 5.41 Å². The molecule has 35 heavy (non-hydrogen) atoms. The van der Waals surface area contributed by atoms with E-state index in [9.17, 15) is 0 Å². The summed E-state index contributed by atoms with van der Waals surface area (Å²) in [4.78, 5) is 4.82. The summed E-state index contributed by atoms with van der Waals surface area (Å²) >= 11 is 0. The smallest absolute Gasteiger partial charge is 0.121 e. The Morgan fingerprint density at radius 2 is 1.29 bits per heavy atom. The third kappa shape index (κ3) is 5.74. The maximum atomic E-state index is 5.89. The summed E-state index contributed by atoms with van der Waals surface area (Å²) in [6.07, 6.45) is 6.79. The molecule has 0 fully saturated rings. The Balaban J connectivity index is 1.64. The van der Waals surface area contributed by atoms with Crippen molar-refractivity contribution < 1.29 is 4.74 Å². The zero-order valence-electron chi connectivity index (χ0n) is 21.2. The number of ether oxygens (including phenoxy) is 1. The summed E-state index contributed by atoms with van der Waals surface area (Å²) in [5.41, 5.74) is 4.31. The highest BCUT2D eigenvalue weighted by Gasteiger charge is 2.38. The molecule has 3 aromatic carbocycles. The van der Waals surface area contributed by atoms with Gasteiger partial charge in [0.2, 0.25) is 0 Å². The Morgan fingerprint density at radius 1 is 0.800 bits per heavy atom. The highest BCUT2D eigenvalue weighted by atomic mass is 16.5. The number of imidazole rings is 1. The zero-order valence-corrected chi connectivity index (χ0v) is 21.2. The average molecular weight is 465 g/mol. The number of hydrogen-bond donors (Lipinski definition) is 0. The third-order valence-electron chi connectivity index (χ3n) is 6.21. The van der Waals surface area contributed by atoms with E-state index in [2.05, 4.69) is 129 Å². The quantitative estimate of drug-likeness (QED) is 0.137. The first-order chi connectivity index (χ1) is 16.9. The van der Waals surface area contributed by atoms with Gasteiger partial charge < -0.3 is 9.30 Å². The molecule has 4 aromatic rings. The molecule has 0 saturated carbocycles. The van der Waals surface area contributed by atoms with Crippen LogP contribution in [0.15, 0.2) is 116 Å². The molecule has 0 atom stereocenters. The molecular formula is C32H36N2O. The molecule has 0 amide bonds. The molecule has 1 aromatic heterocycles. The Labute approximate surface area is 210 Å². The maximum absolute atomic E-state index is 5.89. The van der Waals surface area contributed by atoms with Crippen molar-refractivity contribution in [1.29, 1.82) is 0 Å². The van der Waals surface area contributed by atoms with Crippen LogP contribution in [-0.4, -0.2) is 16.2 Å². The van der Waals surface area contributed by atoms with Gasteiger partial charge in [0.05, 0.1) is 24.4 Å². The van der Waals surface area contributed by atoms with Crippen LogP contribution in [0.2, 0.25) is 0 Å². The van der Waals surface area contributed by atoms with Crippen LogP contribution < -0.4 is 0 Å². The number of allylic oxidation sites excluding steroid dienone is 1. The molecule has 4 rings (SSSR count). The lowest BCUT2D eigenvalue weighted by Gasteiger charge is -2.37. The van der Waals surface area contributed by atoms with Crippen molar-refractivity contribution in [1.82, 2.24) is 9.55 Å². The first-order valence-corrected chi connectivity index (χ1v) is 12.4. The molecular weight excluding hydrogens is 428 g/mol. The Kier molecular flexibility index (Phi) is 7.55. The molecule has 0 saturated heterocycles. The molecule has 0 aliphatic carbocycles. The number of benzene rings is 3. The second-order valence-corrected chi connectivity index (χ2v) is 10.3. The van der Waals surface area contributed by atoms with Crippen molar-refractivity contribution in [2.75, 3.05) is 6.61 Å². The topological polar surface area (TPSA) is 27.1 Å². The minimum atomic E-state index is -0.521. The van der Waals surface area contributed by atoms with Crippen LogP contribution in [-0.2, 0) is 16.7 Å². The fourth-order valence-corrected chi connectivity index (χ4v) is 4.77. The van der Waals surface area contributed by atoms with E-state index in [1.54, 1.807) is 0 Å². The van der Waals surface area contributed by atoms with Crippen LogP contribution in [0, 0.1) is 5.41 Å². The van der Waals surface area contributed by atoms with Crippen LogP contribution in [0.1, 0.15) is 56.0 Å². The number of aromatic nitrogens is 2. The third-order valence-corrected chi connectivity index (χ3v) is 6.21. The number of nitrogens with zero attached hydrogens (tertiary/aromatic N) is 2. The number of hydrogen-bond acceptors (Lipinski definition) is 2. The highest BCUT2D eigenvalue weighted by molar-refractivity contribution is 5.50. The molecule has 0 aliphatic heterocycles. The molecule has 3 heteroatoms. The number of rotatable bonds is 10. The zero-order chi connectivity index (χ0) is 24.7. The van der Waals surface area contributed by atoms with Crippen molar-refractivity contribution in [2.45, 2.75) is 45.6 Å². The largest absolute Gasteiger partial charge is 0.499 e. The van der Waals surface area contributed by atoms with Gasteiger partial charge in [-0.1, -0.05) is 118 Å². The van der Waals surface area contributed by atoms with Crippen molar-refractivity contribution in [3.05, 3.63) is 138 Å². The maximum Gasteiger partial charge on any atom is 0.121 e. The molecule has 0 bridgehead atoms. The van der Waals surface area contributed by atoms with Gasteiger partial charge in [0.15, 0.2) is 0 Å². The molecule has 180 valence electrons. The highest BCUT2D eigenvalue weighted by Crippen LogP contribution is 2.40. The van der Waals surface area contributed by atoms with E-state index in [-0.39, 0.29) is 5.41 Å². The standard InChI is InChI=1S/C32H36N2O/c1-26(23-31(2,3)4)35-22-14-21-30-24-34(25-33-30)32(27-15-8-5-9-16-27,28-17-10-6-11-18-28)29-19-12-7-13-20-29/h5-13,15-20,24-25H,1,14,21-23H2,2-4H3. The van der Waals surface area contributed by atoms with Gasteiger partial charge >= 0.3 is 0 Å². The first-order valence-electron chi connectivity index (χ1n) is 12.4. The lowest BCUT2D eigenvalue weighted by Crippen LogP contribution is -2.36. The molecule has 0 aliphatic rings. The van der Waals surface area contributed by atoms with Crippen LogP contribution >= 0.6 is 0 Å². The summed E-state index contributed by atoms with van der Waals surface area (Å²) in [5, 5.41) is 0. The Bertz CT molecular complexity index is 1110. The van der Waals surface area contributed by atoms with Gasteiger partial charge in [0, 0.05) is 12.6 Å². The second kappa shape index (κ2) is 10.8. The van der Waals surface area contributed by atoms with Crippen LogP contribution in [0.4, 0.5) is 0 Å². The predicted molar refractivity (Wildman–Crippen MR) is 144 cm³/mol. The van der Waals surface area contributed by atoms with E-state index in [4.69, 9.17) is 9.72 Å². The molecule has 1 heterocycles. The molecule has 0 radical (unpaired) electrons. The van der Waals surface area contributed by atoms with Gasteiger partial charge in [-0.25, -0.2) is 4.98 Å². The van der Waals surface area contributed by atoms with Crippen molar-refractivity contribution in [3.8, 4) is 0 Å². The van der Waals surface area contributed by atoms with E-state index in [1.807, 2.05) is 6.33 Å². The van der Waals surface area contributed by atoms with Crippen LogP contribution in [0.25, 0.3) is 0 Å². The van der Waals surface area contributed by atoms with E-state index >= 15 is 0 Å². The van der Waals surface area contributed by atoms with Crippen LogP contribution in [0.3, 0.4) is 0 Å². The SMILES string of the molecule is C=C(CC(C)(C)C)OCCCc1cn(C(c2ccccc2)(c2ccccc2)c2ccccc2)cn1. The summed E-state index contributed by atoms with van der Waals surface area (Å²) in [6.45, 7) is 11.3. The van der Waals surface area contributed by atoms with E-state index in [0.717, 1.165) is 30.7 Å². The lowest BCUT2D eigenvalue weighted by molar-refractivity contribution is 0.178. The van der Waals surface area contributed by atoms with Crippen molar-refractivity contribution >= 4 is 0 Å². The molecule has 3 nitrogen and oxygen atoms in total. The van der Waals surface area contributed by atoms with Crippen LogP contribution in [0.5, 0.6) is 0 Å². The van der Waals surface area contributed by atoms with E-state index < -0.39 is 5.54 Å². The predicted octanol–water partition coefficient (Wildman–Crippen LogP) is 7.62. The minimum Gasteiger partial charge on any atom is -0.499 e. The van der Waals surface area contributed by atoms with E-state index in [0.29, 0.717) is 6.61 Å². The average Bonchev–Trinajstić information content (AvgIpc) is 3.32. The summed E-state index contributed by atoms with van der Waals surface area (Å²) in [6, 6.07) is 32.1. The monoisotopic (exact) mass is 464 g/mol. The van der Waals surface area contributed by atoms with Gasteiger partial charge in [-0.05, 0) is 34.9 Å². The Hall–Kier alpha value is -3.59. The van der Waals surface area contributed by atoms with Gasteiger partial charge in [-0.3, -0.25) is 0 Å². The fraction of sp³-hybridized carbons (Fsp3) is 0.281. The fourth-order valence-electron chi connectivity index (χ4n) is 4.77. The van der Waals surface area contributed by atoms with E-state index in [1.165, 1.54) is 16.7 Å². The molecule has 0 N–H and O–H groups in total. The first kappa shape index (κ1) is 24.5.